The van der Waals surface area contributed by atoms with Gasteiger partial charge >= 0.3 is 0 Å². The zero-order chi connectivity index (χ0) is 12.1. The van der Waals surface area contributed by atoms with Gasteiger partial charge in [-0.3, -0.25) is 4.79 Å². The Morgan fingerprint density at radius 3 is 2.50 bits per heavy atom. The Hall–Kier alpha value is -0.290. The first-order valence-electron chi connectivity index (χ1n) is 4.62. The summed E-state index contributed by atoms with van der Waals surface area (Å²) >= 11 is 6.28. The predicted octanol–water partition coefficient (Wildman–Crippen LogP) is 4.03. The zero-order valence-electron chi connectivity index (χ0n) is 8.35. The number of rotatable bonds is 5. The molecule has 1 aromatic rings. The van der Waals surface area contributed by atoms with E-state index in [2.05, 4.69) is 31.9 Å². The highest BCUT2D eigenvalue weighted by molar-refractivity contribution is 9.09. The lowest BCUT2D eigenvalue weighted by molar-refractivity contribution is -0.115. The van der Waals surface area contributed by atoms with E-state index in [0.29, 0.717) is 10.9 Å². The Morgan fingerprint density at radius 1 is 1.31 bits per heavy atom. The van der Waals surface area contributed by atoms with Gasteiger partial charge in [-0.1, -0.05) is 50.1 Å². The fourth-order valence-corrected chi connectivity index (χ4v) is 1.91. The van der Waals surface area contributed by atoms with Crippen molar-refractivity contribution in [1.82, 2.24) is 0 Å². The highest BCUT2D eigenvalue weighted by Crippen LogP contribution is 2.25. The van der Waals surface area contributed by atoms with Crippen LogP contribution in [0.25, 0.3) is 0 Å². The molecule has 5 heteroatoms. The SMILES string of the molecule is O=C(CBr)Cc1cc(CBr)ccc1C(F)F. The van der Waals surface area contributed by atoms with Crippen LogP contribution < -0.4 is 0 Å². The lowest BCUT2D eigenvalue weighted by Crippen LogP contribution is -2.07. The molecule has 1 nitrogen and oxygen atoms in total. The molecule has 0 amide bonds. The molecule has 0 radical (unpaired) electrons. The van der Waals surface area contributed by atoms with Crippen LogP contribution in [0.3, 0.4) is 0 Å². The van der Waals surface area contributed by atoms with E-state index in [1.165, 1.54) is 6.07 Å². The highest BCUT2D eigenvalue weighted by Gasteiger charge is 2.15. The molecular weight excluding hydrogens is 346 g/mol. The van der Waals surface area contributed by atoms with Crippen LogP contribution >= 0.6 is 31.9 Å². The maximum absolute atomic E-state index is 12.7. The molecule has 0 fully saturated rings. The predicted molar refractivity (Wildman–Crippen MR) is 66.5 cm³/mol. The number of ketones is 1. The number of benzene rings is 1. The summed E-state index contributed by atoms with van der Waals surface area (Å²) < 4.78 is 25.4. The lowest BCUT2D eigenvalue weighted by Gasteiger charge is -2.09. The minimum absolute atomic E-state index is 0.0474. The van der Waals surface area contributed by atoms with Gasteiger partial charge in [0.25, 0.3) is 6.43 Å². The van der Waals surface area contributed by atoms with Gasteiger partial charge in [0.1, 0.15) is 5.78 Å². The van der Waals surface area contributed by atoms with Crippen molar-refractivity contribution in [1.29, 1.82) is 0 Å². The third-order valence-corrected chi connectivity index (χ3v) is 3.41. The van der Waals surface area contributed by atoms with Gasteiger partial charge in [0.2, 0.25) is 0 Å². The number of alkyl halides is 4. The van der Waals surface area contributed by atoms with Crippen molar-refractivity contribution in [3.63, 3.8) is 0 Å². The molecule has 0 aliphatic rings. The molecule has 0 N–H and O–H groups in total. The average molecular weight is 356 g/mol. The van der Waals surface area contributed by atoms with Crippen LogP contribution in [-0.4, -0.2) is 11.1 Å². The van der Waals surface area contributed by atoms with Gasteiger partial charge in [0.05, 0.1) is 5.33 Å². The summed E-state index contributed by atoms with van der Waals surface area (Å²) in [5, 5.41) is 0.778. The van der Waals surface area contributed by atoms with Crippen LogP contribution in [0.2, 0.25) is 0 Å². The molecular formula is C11H10Br2F2O. The molecule has 88 valence electrons. The molecule has 0 aliphatic heterocycles. The van der Waals surface area contributed by atoms with Crippen LogP contribution in [0.1, 0.15) is 23.1 Å². The molecule has 0 unspecified atom stereocenters. The van der Waals surface area contributed by atoms with E-state index < -0.39 is 6.43 Å². The van der Waals surface area contributed by atoms with Crippen LogP contribution in [-0.2, 0) is 16.5 Å². The van der Waals surface area contributed by atoms with Crippen molar-refractivity contribution in [2.75, 3.05) is 5.33 Å². The first-order chi connectivity index (χ1) is 7.58. The Bertz CT molecular complexity index is 380. The first-order valence-corrected chi connectivity index (χ1v) is 6.86. The van der Waals surface area contributed by atoms with Gasteiger partial charge in [-0.05, 0) is 11.1 Å². The standard InChI is InChI=1S/C11H10Br2F2O/c12-5-7-1-2-10(11(14)15)8(3-7)4-9(16)6-13/h1-3,11H,4-6H2. The molecule has 1 rings (SSSR count). The van der Waals surface area contributed by atoms with Crippen LogP contribution in [0.5, 0.6) is 0 Å². The summed E-state index contributed by atoms with van der Waals surface area (Å²) in [4.78, 5) is 11.3. The minimum atomic E-state index is -2.54. The second kappa shape index (κ2) is 6.45. The fraction of sp³-hybridized carbons (Fsp3) is 0.364. The van der Waals surface area contributed by atoms with Gasteiger partial charge in [-0.25, -0.2) is 8.78 Å². The third kappa shape index (κ3) is 3.63. The van der Waals surface area contributed by atoms with E-state index >= 15 is 0 Å². The van der Waals surface area contributed by atoms with Crippen LogP contribution in [0.4, 0.5) is 8.78 Å². The molecule has 1 aromatic carbocycles. The second-order valence-electron chi connectivity index (χ2n) is 3.32. The van der Waals surface area contributed by atoms with E-state index in [9.17, 15) is 13.6 Å². The number of halogens is 4. The Kier molecular flexibility index (Phi) is 5.55. The molecule has 0 spiro atoms. The molecule has 0 aliphatic carbocycles. The zero-order valence-corrected chi connectivity index (χ0v) is 11.5. The molecule has 16 heavy (non-hydrogen) atoms. The van der Waals surface area contributed by atoms with E-state index in [0.717, 1.165) is 5.56 Å². The number of carbonyl (C=O) groups is 1. The molecule has 0 saturated carbocycles. The van der Waals surface area contributed by atoms with E-state index in [1.807, 2.05) is 0 Å². The Balaban J connectivity index is 3.05. The summed E-state index contributed by atoms with van der Waals surface area (Å²) in [6.45, 7) is 0. The normalized spacial score (nSPS) is 10.8. The van der Waals surface area contributed by atoms with Gasteiger partial charge in [-0.15, -0.1) is 0 Å². The Labute approximate surface area is 109 Å². The van der Waals surface area contributed by atoms with Crippen molar-refractivity contribution >= 4 is 37.6 Å². The maximum atomic E-state index is 12.7. The summed E-state index contributed by atoms with van der Waals surface area (Å²) in [7, 11) is 0. The quantitative estimate of drug-likeness (QED) is 0.729. The van der Waals surface area contributed by atoms with E-state index in [4.69, 9.17) is 0 Å². The van der Waals surface area contributed by atoms with Crippen molar-refractivity contribution in [2.45, 2.75) is 18.2 Å². The number of hydrogen-bond donors (Lipinski definition) is 0. The Morgan fingerprint density at radius 2 is 2.00 bits per heavy atom. The molecule has 0 saturated heterocycles. The highest BCUT2D eigenvalue weighted by atomic mass is 79.9. The van der Waals surface area contributed by atoms with Gasteiger partial charge in [-0.2, -0.15) is 0 Å². The van der Waals surface area contributed by atoms with Crippen molar-refractivity contribution < 1.29 is 13.6 Å². The monoisotopic (exact) mass is 354 g/mol. The molecule has 0 heterocycles. The number of hydrogen-bond acceptors (Lipinski definition) is 1. The molecule has 0 bridgehead atoms. The minimum Gasteiger partial charge on any atom is -0.298 e. The molecule has 0 atom stereocenters. The van der Waals surface area contributed by atoms with Gasteiger partial charge < -0.3 is 0 Å². The topological polar surface area (TPSA) is 17.1 Å². The third-order valence-electron chi connectivity index (χ3n) is 2.13. The van der Waals surface area contributed by atoms with E-state index in [-0.39, 0.29) is 23.1 Å². The number of carbonyl (C=O) groups excluding carboxylic acids is 1. The smallest absolute Gasteiger partial charge is 0.264 e. The maximum Gasteiger partial charge on any atom is 0.264 e. The number of Topliss-reactive ketones (excluding diaryl/α,β-unsaturated/α-hetero) is 1. The first kappa shape index (κ1) is 13.8. The van der Waals surface area contributed by atoms with Crippen molar-refractivity contribution in [2.24, 2.45) is 0 Å². The van der Waals surface area contributed by atoms with E-state index in [1.54, 1.807) is 12.1 Å². The van der Waals surface area contributed by atoms with Crippen LogP contribution in [0, 0.1) is 0 Å². The van der Waals surface area contributed by atoms with Crippen LogP contribution in [0.15, 0.2) is 18.2 Å². The summed E-state index contributed by atoms with van der Waals surface area (Å²) in [6.07, 6.45) is -2.49. The fourth-order valence-electron chi connectivity index (χ4n) is 1.37. The van der Waals surface area contributed by atoms with Crippen molar-refractivity contribution in [3.05, 3.63) is 34.9 Å². The van der Waals surface area contributed by atoms with Crippen molar-refractivity contribution in [3.8, 4) is 0 Å². The van der Waals surface area contributed by atoms with Gasteiger partial charge in [0.15, 0.2) is 0 Å². The summed E-state index contributed by atoms with van der Waals surface area (Å²) in [5.41, 5.74) is 1.25. The summed E-state index contributed by atoms with van der Waals surface area (Å²) in [5.74, 6) is -0.103. The lowest BCUT2D eigenvalue weighted by atomic mass is 10.0. The largest absolute Gasteiger partial charge is 0.298 e. The van der Waals surface area contributed by atoms with Gasteiger partial charge in [0, 0.05) is 17.3 Å². The summed E-state index contributed by atoms with van der Waals surface area (Å²) in [6, 6.07) is 4.67. The molecule has 0 aromatic heterocycles. The second-order valence-corrected chi connectivity index (χ2v) is 4.44. The average Bonchev–Trinajstić information content (AvgIpc) is 2.28.